The lowest BCUT2D eigenvalue weighted by Gasteiger charge is -2.43. The van der Waals surface area contributed by atoms with Crippen LogP contribution in [-0.2, 0) is 17.8 Å². The molecule has 0 radical (unpaired) electrons. The second-order valence-corrected chi connectivity index (χ2v) is 10.2. The fourth-order valence-corrected chi connectivity index (χ4v) is 6.09. The minimum atomic E-state index is 0.0942. The molecular formula is C24H27ClN6OS. The average Bonchev–Trinajstić information content (AvgIpc) is 3.09. The largest absolute Gasteiger partial charge is 0.382 e. The maximum atomic E-state index is 6.74. The van der Waals surface area contributed by atoms with Gasteiger partial charge in [-0.2, -0.15) is 0 Å². The fraction of sp³-hybridized carbons (Fsp3) is 0.375. The first-order valence-electron chi connectivity index (χ1n) is 11.0. The van der Waals surface area contributed by atoms with Gasteiger partial charge in [0.05, 0.1) is 17.8 Å². The van der Waals surface area contributed by atoms with Gasteiger partial charge in [-0.15, -0.1) is 0 Å². The summed E-state index contributed by atoms with van der Waals surface area (Å²) in [6, 6.07) is 10.5. The number of hydrogen-bond acceptors (Lipinski definition) is 8. The Labute approximate surface area is 202 Å². The van der Waals surface area contributed by atoms with E-state index in [2.05, 4.69) is 34.1 Å². The quantitative estimate of drug-likeness (QED) is 0.556. The number of piperidine rings is 1. The number of pyridine rings is 1. The Balaban J connectivity index is 1.34. The van der Waals surface area contributed by atoms with E-state index in [1.165, 1.54) is 22.9 Å². The Morgan fingerprint density at radius 1 is 1.21 bits per heavy atom. The highest BCUT2D eigenvalue weighted by molar-refractivity contribution is 7.99. The monoisotopic (exact) mass is 482 g/mol. The number of nitrogen functional groups attached to an aromatic ring is 1. The van der Waals surface area contributed by atoms with Crippen molar-refractivity contribution in [2.45, 2.75) is 41.8 Å². The molecule has 0 saturated carbocycles. The molecule has 1 atom stereocenters. The van der Waals surface area contributed by atoms with Crippen LogP contribution in [0.3, 0.4) is 0 Å². The number of anilines is 2. The van der Waals surface area contributed by atoms with E-state index in [0.717, 1.165) is 53.8 Å². The summed E-state index contributed by atoms with van der Waals surface area (Å²) in [4.78, 5) is 16.7. The molecule has 1 spiro atoms. The lowest BCUT2D eigenvalue weighted by Crippen LogP contribution is -2.45. The molecule has 4 N–H and O–H groups in total. The van der Waals surface area contributed by atoms with Crippen molar-refractivity contribution >= 4 is 35.0 Å². The van der Waals surface area contributed by atoms with Crippen LogP contribution in [0.15, 0.2) is 52.6 Å². The molecule has 3 aromatic rings. The van der Waals surface area contributed by atoms with E-state index in [0.29, 0.717) is 17.4 Å². The summed E-state index contributed by atoms with van der Waals surface area (Å²) in [7, 11) is 1.67. The number of benzene rings is 1. The zero-order valence-corrected chi connectivity index (χ0v) is 20.1. The average molecular weight is 483 g/mol. The lowest BCUT2D eigenvalue weighted by atomic mass is 9.73. The predicted molar refractivity (Wildman–Crippen MR) is 131 cm³/mol. The molecule has 0 unspecified atom stereocenters. The molecule has 1 fully saturated rings. The normalized spacial score (nSPS) is 19.1. The van der Waals surface area contributed by atoms with Crippen molar-refractivity contribution < 1.29 is 4.74 Å². The van der Waals surface area contributed by atoms with Crippen molar-refractivity contribution in [3.63, 3.8) is 0 Å². The van der Waals surface area contributed by atoms with Crippen molar-refractivity contribution in [2.24, 2.45) is 11.1 Å². The number of halogens is 1. The number of fused-ring (bicyclic) bond motifs is 1. The summed E-state index contributed by atoms with van der Waals surface area (Å²) in [6.45, 7) is 2.17. The number of methoxy groups -OCH3 is 1. The van der Waals surface area contributed by atoms with E-state index in [4.69, 9.17) is 37.8 Å². The molecular weight excluding hydrogens is 456 g/mol. The smallest absolute Gasteiger partial charge is 0.152 e. The molecule has 9 heteroatoms. The van der Waals surface area contributed by atoms with Gasteiger partial charge in [0.2, 0.25) is 0 Å². The van der Waals surface area contributed by atoms with Gasteiger partial charge in [0.15, 0.2) is 5.82 Å². The minimum absolute atomic E-state index is 0.0942. The third kappa shape index (κ3) is 4.17. The van der Waals surface area contributed by atoms with Gasteiger partial charge in [-0.25, -0.2) is 15.0 Å². The Kier molecular flexibility index (Phi) is 6.18. The molecule has 2 aromatic heterocycles. The van der Waals surface area contributed by atoms with Crippen molar-refractivity contribution in [1.29, 1.82) is 0 Å². The van der Waals surface area contributed by atoms with E-state index in [-0.39, 0.29) is 11.5 Å². The van der Waals surface area contributed by atoms with Crippen LogP contribution in [0.4, 0.5) is 11.6 Å². The molecule has 1 aromatic carbocycles. The van der Waals surface area contributed by atoms with Gasteiger partial charge in [0.1, 0.15) is 16.5 Å². The van der Waals surface area contributed by atoms with Crippen LogP contribution in [0.5, 0.6) is 0 Å². The van der Waals surface area contributed by atoms with Gasteiger partial charge in [0.25, 0.3) is 0 Å². The Morgan fingerprint density at radius 3 is 2.76 bits per heavy atom. The van der Waals surface area contributed by atoms with Crippen LogP contribution in [0, 0.1) is 5.41 Å². The number of aromatic nitrogens is 3. The summed E-state index contributed by atoms with van der Waals surface area (Å²) in [6.07, 6.45) is 6.53. The molecule has 3 heterocycles. The Morgan fingerprint density at radius 2 is 2.00 bits per heavy atom. The zero-order chi connectivity index (χ0) is 23.0. The first-order valence-corrected chi connectivity index (χ1v) is 12.2. The van der Waals surface area contributed by atoms with Crippen LogP contribution in [0.25, 0.3) is 0 Å². The number of hydrogen-bond donors (Lipinski definition) is 2. The molecule has 7 nitrogen and oxygen atoms in total. The second kappa shape index (κ2) is 9.10. The first-order chi connectivity index (χ1) is 16.0. The number of ether oxygens (including phenoxy) is 1. The standard InChI is InChI=1S/C24H27ClN6OS/c1-32-14-17-23(29-13-19(30-17)33-18-6-9-28-22(27)20(18)25)31-10-7-24(8-11-31)12-15-4-2-3-5-16(15)21(24)26/h2-6,9,13,21H,7-8,10-12,14,26H2,1H3,(H2,27,28)/t21-/m1/s1. The molecule has 33 heavy (non-hydrogen) atoms. The molecule has 172 valence electrons. The van der Waals surface area contributed by atoms with Crippen molar-refractivity contribution in [1.82, 2.24) is 15.0 Å². The molecule has 1 aliphatic heterocycles. The van der Waals surface area contributed by atoms with Crippen molar-refractivity contribution in [3.8, 4) is 0 Å². The van der Waals surface area contributed by atoms with Crippen LogP contribution in [-0.4, -0.2) is 35.2 Å². The third-order valence-corrected chi connectivity index (χ3v) is 8.30. The summed E-state index contributed by atoms with van der Waals surface area (Å²) in [5.74, 6) is 1.18. The van der Waals surface area contributed by atoms with Crippen LogP contribution in [0.2, 0.25) is 5.02 Å². The number of nitrogens with two attached hydrogens (primary N) is 2. The highest BCUT2D eigenvalue weighted by Crippen LogP contribution is 2.51. The van der Waals surface area contributed by atoms with Gasteiger partial charge in [0, 0.05) is 37.3 Å². The van der Waals surface area contributed by atoms with Gasteiger partial charge < -0.3 is 21.1 Å². The summed E-state index contributed by atoms with van der Waals surface area (Å²) < 4.78 is 5.45. The topological polar surface area (TPSA) is 103 Å². The van der Waals surface area contributed by atoms with Crippen LogP contribution in [0.1, 0.15) is 35.7 Å². The van der Waals surface area contributed by atoms with Gasteiger partial charge >= 0.3 is 0 Å². The van der Waals surface area contributed by atoms with Crippen molar-refractivity contribution in [3.05, 3.63) is 64.6 Å². The molecule has 2 aliphatic rings. The third-order valence-electron chi connectivity index (χ3n) is 6.83. The molecule has 1 saturated heterocycles. The van der Waals surface area contributed by atoms with Crippen LogP contribution >= 0.6 is 23.4 Å². The predicted octanol–water partition coefficient (Wildman–Crippen LogP) is 4.25. The van der Waals surface area contributed by atoms with E-state index in [9.17, 15) is 0 Å². The van der Waals surface area contributed by atoms with Gasteiger partial charge in [-0.05, 0) is 41.9 Å². The Bertz CT molecular complexity index is 1170. The Hall–Kier alpha value is -2.39. The molecule has 0 bridgehead atoms. The van der Waals surface area contributed by atoms with E-state index < -0.39 is 0 Å². The highest BCUT2D eigenvalue weighted by atomic mass is 35.5. The summed E-state index contributed by atoms with van der Waals surface area (Å²) in [5, 5.41) is 1.16. The number of rotatable bonds is 5. The van der Waals surface area contributed by atoms with E-state index in [1.54, 1.807) is 19.5 Å². The molecule has 5 rings (SSSR count). The molecule has 0 amide bonds. The SMILES string of the molecule is COCc1nc(Sc2ccnc(N)c2Cl)cnc1N1CCC2(CC1)Cc1ccccc1[C@H]2N. The number of nitrogens with zero attached hydrogens (tertiary/aromatic N) is 4. The first kappa shape index (κ1) is 22.4. The second-order valence-electron chi connectivity index (χ2n) is 8.72. The van der Waals surface area contributed by atoms with E-state index in [1.807, 2.05) is 6.07 Å². The zero-order valence-electron chi connectivity index (χ0n) is 18.5. The fourth-order valence-electron chi connectivity index (χ4n) is 5.05. The summed E-state index contributed by atoms with van der Waals surface area (Å²) >= 11 is 7.72. The van der Waals surface area contributed by atoms with Gasteiger partial charge in [-0.1, -0.05) is 47.6 Å². The van der Waals surface area contributed by atoms with E-state index >= 15 is 0 Å². The van der Waals surface area contributed by atoms with Crippen molar-refractivity contribution in [2.75, 3.05) is 30.8 Å². The van der Waals surface area contributed by atoms with Gasteiger partial charge in [-0.3, -0.25) is 0 Å². The lowest BCUT2D eigenvalue weighted by molar-refractivity contribution is 0.177. The maximum Gasteiger partial charge on any atom is 0.152 e. The van der Waals surface area contributed by atoms with Crippen LogP contribution < -0.4 is 16.4 Å². The summed E-state index contributed by atoms with van der Waals surface area (Å²) in [5.41, 5.74) is 16.2. The molecule has 1 aliphatic carbocycles. The minimum Gasteiger partial charge on any atom is -0.382 e. The highest BCUT2D eigenvalue weighted by Gasteiger charge is 2.46. The maximum absolute atomic E-state index is 6.74.